The lowest BCUT2D eigenvalue weighted by Gasteiger charge is -2.14. The molecule has 0 spiro atoms. The molecule has 1 aliphatic rings. The van der Waals surface area contributed by atoms with Gasteiger partial charge in [-0.15, -0.1) is 0 Å². The highest BCUT2D eigenvalue weighted by atomic mass is 35.5. The van der Waals surface area contributed by atoms with Crippen molar-refractivity contribution >= 4 is 46.7 Å². The normalized spacial score (nSPS) is 17.7. The Morgan fingerprint density at radius 3 is 2.50 bits per heavy atom. The van der Waals surface area contributed by atoms with Gasteiger partial charge < -0.3 is 15.7 Å². The van der Waals surface area contributed by atoms with E-state index in [-0.39, 0.29) is 33.6 Å². The van der Waals surface area contributed by atoms with Crippen LogP contribution in [0.15, 0.2) is 12.1 Å². The Kier molecular flexibility index (Phi) is 4.15. The fourth-order valence-electron chi connectivity index (χ4n) is 1.90. The number of aromatic carboxylic acids is 1. The number of anilines is 1. The van der Waals surface area contributed by atoms with E-state index in [9.17, 15) is 14.4 Å². The Balaban J connectivity index is 2.29. The number of rotatable bonds is 3. The van der Waals surface area contributed by atoms with E-state index in [1.54, 1.807) is 0 Å². The predicted octanol–water partition coefficient (Wildman–Crippen LogP) is 1.91. The summed E-state index contributed by atoms with van der Waals surface area (Å²) in [5, 5.41) is 14.0. The molecule has 6 nitrogen and oxygen atoms in total. The lowest BCUT2D eigenvalue weighted by molar-refractivity contribution is -0.122. The van der Waals surface area contributed by atoms with Crippen molar-refractivity contribution in [3.05, 3.63) is 27.7 Å². The van der Waals surface area contributed by atoms with Gasteiger partial charge in [-0.1, -0.05) is 23.2 Å². The molecule has 8 heteroatoms. The van der Waals surface area contributed by atoms with Crippen LogP contribution in [0.25, 0.3) is 0 Å². The first-order valence-electron chi connectivity index (χ1n) is 5.71. The Labute approximate surface area is 124 Å². The predicted molar refractivity (Wildman–Crippen MR) is 73.2 cm³/mol. The van der Waals surface area contributed by atoms with E-state index in [2.05, 4.69) is 10.6 Å². The van der Waals surface area contributed by atoms with Crippen molar-refractivity contribution in [3.8, 4) is 0 Å². The van der Waals surface area contributed by atoms with E-state index in [0.29, 0.717) is 6.42 Å². The summed E-state index contributed by atoms with van der Waals surface area (Å²) in [7, 11) is 0. The van der Waals surface area contributed by atoms with Gasteiger partial charge in [0.15, 0.2) is 0 Å². The van der Waals surface area contributed by atoms with Gasteiger partial charge in [-0.05, 0) is 18.6 Å². The van der Waals surface area contributed by atoms with Crippen LogP contribution < -0.4 is 10.6 Å². The summed E-state index contributed by atoms with van der Waals surface area (Å²) >= 11 is 11.7. The maximum absolute atomic E-state index is 12.0. The summed E-state index contributed by atoms with van der Waals surface area (Å²) in [6.45, 7) is 0. The molecule has 1 aromatic rings. The highest BCUT2D eigenvalue weighted by Gasteiger charge is 2.29. The van der Waals surface area contributed by atoms with E-state index >= 15 is 0 Å². The maximum Gasteiger partial charge on any atom is 0.339 e. The van der Waals surface area contributed by atoms with E-state index in [4.69, 9.17) is 28.3 Å². The van der Waals surface area contributed by atoms with Crippen molar-refractivity contribution in [1.82, 2.24) is 5.32 Å². The van der Waals surface area contributed by atoms with Crippen LogP contribution >= 0.6 is 23.2 Å². The average Bonchev–Trinajstić information content (AvgIpc) is 2.80. The van der Waals surface area contributed by atoms with Crippen molar-refractivity contribution in [2.24, 2.45) is 0 Å². The zero-order chi connectivity index (χ0) is 14.9. The first kappa shape index (κ1) is 14.6. The summed E-state index contributed by atoms with van der Waals surface area (Å²) in [6.07, 6.45) is 0.610. The number of carboxylic acid groups (broad SMARTS) is 1. The molecule has 0 bridgehead atoms. The molecule has 1 fully saturated rings. The summed E-state index contributed by atoms with van der Waals surface area (Å²) in [5.74, 6) is -2.05. The molecule has 0 aliphatic carbocycles. The number of carbonyl (C=O) groups excluding carboxylic acids is 2. The quantitative estimate of drug-likeness (QED) is 0.793. The van der Waals surface area contributed by atoms with Gasteiger partial charge in [0.1, 0.15) is 11.6 Å². The van der Waals surface area contributed by atoms with Crippen LogP contribution in [-0.4, -0.2) is 28.9 Å². The third-order valence-electron chi connectivity index (χ3n) is 2.88. The molecule has 0 aromatic heterocycles. The Morgan fingerprint density at radius 1 is 1.30 bits per heavy atom. The minimum absolute atomic E-state index is 0.0346. The average molecular weight is 317 g/mol. The largest absolute Gasteiger partial charge is 0.478 e. The Bertz CT molecular complexity index is 603. The van der Waals surface area contributed by atoms with Gasteiger partial charge >= 0.3 is 5.97 Å². The van der Waals surface area contributed by atoms with Gasteiger partial charge in [-0.2, -0.15) is 0 Å². The van der Waals surface area contributed by atoms with Crippen LogP contribution in [0.3, 0.4) is 0 Å². The molecule has 20 heavy (non-hydrogen) atoms. The van der Waals surface area contributed by atoms with Crippen LogP contribution in [-0.2, 0) is 9.59 Å². The SMILES string of the molecule is O=C1CC[C@@H](C(=O)Nc2c(Cl)ccc(Cl)c2C(=O)O)N1. The van der Waals surface area contributed by atoms with Gasteiger partial charge in [0, 0.05) is 6.42 Å². The Hall–Kier alpha value is -1.79. The third-order valence-corrected chi connectivity index (χ3v) is 3.51. The monoisotopic (exact) mass is 316 g/mol. The van der Waals surface area contributed by atoms with Crippen LogP contribution in [0.1, 0.15) is 23.2 Å². The second-order valence-electron chi connectivity index (χ2n) is 4.23. The van der Waals surface area contributed by atoms with E-state index < -0.39 is 17.9 Å². The number of carbonyl (C=O) groups is 3. The summed E-state index contributed by atoms with van der Waals surface area (Å²) in [4.78, 5) is 34.2. The van der Waals surface area contributed by atoms with Gasteiger partial charge in [0.25, 0.3) is 0 Å². The zero-order valence-electron chi connectivity index (χ0n) is 10.1. The molecule has 2 rings (SSSR count). The van der Waals surface area contributed by atoms with Crippen molar-refractivity contribution < 1.29 is 19.5 Å². The van der Waals surface area contributed by atoms with Crippen molar-refractivity contribution in [2.75, 3.05) is 5.32 Å². The molecule has 1 saturated heterocycles. The minimum atomic E-state index is -1.30. The second-order valence-corrected chi connectivity index (χ2v) is 5.05. The summed E-state index contributed by atoms with van der Waals surface area (Å²) in [5.41, 5.74) is -0.352. The number of hydrogen-bond donors (Lipinski definition) is 3. The molecule has 0 saturated carbocycles. The maximum atomic E-state index is 12.0. The lowest BCUT2D eigenvalue weighted by Crippen LogP contribution is -2.37. The molecule has 1 aliphatic heterocycles. The van der Waals surface area contributed by atoms with E-state index in [1.807, 2.05) is 0 Å². The molecule has 1 aromatic carbocycles. The van der Waals surface area contributed by atoms with Crippen LogP contribution in [0.4, 0.5) is 5.69 Å². The molecule has 3 N–H and O–H groups in total. The highest BCUT2D eigenvalue weighted by Crippen LogP contribution is 2.32. The van der Waals surface area contributed by atoms with Gasteiger partial charge in [-0.3, -0.25) is 9.59 Å². The van der Waals surface area contributed by atoms with E-state index in [0.717, 1.165) is 0 Å². The molecule has 1 heterocycles. The smallest absolute Gasteiger partial charge is 0.339 e. The minimum Gasteiger partial charge on any atom is -0.478 e. The molecule has 106 valence electrons. The van der Waals surface area contributed by atoms with Crippen molar-refractivity contribution in [3.63, 3.8) is 0 Å². The topological polar surface area (TPSA) is 95.5 Å². The summed E-state index contributed by atoms with van der Waals surface area (Å²) < 4.78 is 0. The first-order valence-corrected chi connectivity index (χ1v) is 6.47. The molecule has 1 atom stereocenters. The highest BCUT2D eigenvalue weighted by molar-refractivity contribution is 6.38. The third kappa shape index (κ3) is 2.86. The standard InChI is InChI=1S/C12H10Cl2N2O4/c13-5-1-2-6(14)10(9(5)12(19)20)16-11(18)7-3-4-8(17)15-7/h1-2,7H,3-4H2,(H,15,17)(H,16,18)(H,19,20)/t7-/m0/s1. The van der Waals surface area contributed by atoms with E-state index in [1.165, 1.54) is 12.1 Å². The molecule has 0 unspecified atom stereocenters. The molecular formula is C12H10Cl2N2O4. The molecule has 0 radical (unpaired) electrons. The van der Waals surface area contributed by atoms with Crippen LogP contribution in [0.2, 0.25) is 10.0 Å². The second kappa shape index (κ2) is 5.68. The lowest BCUT2D eigenvalue weighted by atomic mass is 10.1. The molecule has 2 amide bonds. The Morgan fingerprint density at radius 2 is 1.95 bits per heavy atom. The fourth-order valence-corrected chi connectivity index (χ4v) is 2.35. The zero-order valence-corrected chi connectivity index (χ0v) is 11.6. The van der Waals surface area contributed by atoms with Crippen molar-refractivity contribution in [1.29, 1.82) is 0 Å². The number of hydrogen-bond acceptors (Lipinski definition) is 3. The van der Waals surface area contributed by atoms with Gasteiger partial charge in [0.05, 0.1) is 15.7 Å². The first-order chi connectivity index (χ1) is 9.40. The number of benzene rings is 1. The van der Waals surface area contributed by atoms with Crippen molar-refractivity contribution in [2.45, 2.75) is 18.9 Å². The summed E-state index contributed by atoms with van der Waals surface area (Å²) in [6, 6.07) is 2.03. The number of amides is 2. The van der Waals surface area contributed by atoms with Crippen LogP contribution in [0, 0.1) is 0 Å². The fraction of sp³-hybridized carbons (Fsp3) is 0.250. The number of carboxylic acids is 1. The molecular weight excluding hydrogens is 307 g/mol. The van der Waals surface area contributed by atoms with Gasteiger partial charge in [0.2, 0.25) is 11.8 Å². The number of nitrogens with one attached hydrogen (secondary N) is 2. The number of halogens is 2. The van der Waals surface area contributed by atoms with Gasteiger partial charge in [-0.25, -0.2) is 4.79 Å². The van der Waals surface area contributed by atoms with Crippen LogP contribution in [0.5, 0.6) is 0 Å².